The van der Waals surface area contributed by atoms with Crippen molar-refractivity contribution in [3.8, 4) is 5.69 Å². The predicted molar refractivity (Wildman–Crippen MR) is 125 cm³/mol. The third kappa shape index (κ3) is 4.05. The van der Waals surface area contributed by atoms with Crippen LogP contribution in [0.4, 0.5) is 5.69 Å². The summed E-state index contributed by atoms with van der Waals surface area (Å²) in [5, 5.41) is 4.35. The van der Waals surface area contributed by atoms with Crippen LogP contribution in [0, 0.1) is 0 Å². The van der Waals surface area contributed by atoms with Crippen LogP contribution in [-0.4, -0.2) is 20.4 Å². The molecule has 2 aromatic carbocycles. The van der Waals surface area contributed by atoms with Gasteiger partial charge in [0.25, 0.3) is 5.91 Å². The summed E-state index contributed by atoms with van der Waals surface area (Å²) < 4.78 is 1.93. The van der Waals surface area contributed by atoms with Gasteiger partial charge in [-0.15, -0.1) is 12.4 Å². The van der Waals surface area contributed by atoms with Crippen LogP contribution in [0.25, 0.3) is 22.7 Å². The number of carbonyl (C=O) groups excluding carboxylic acids is 1. The molecule has 30 heavy (non-hydrogen) atoms. The number of fused-ring (bicyclic) bond motifs is 1. The zero-order chi connectivity index (χ0) is 20.4. The molecule has 4 rings (SSSR count). The van der Waals surface area contributed by atoms with Crippen LogP contribution in [-0.2, 0) is 0 Å². The summed E-state index contributed by atoms with van der Waals surface area (Å²) in [5.41, 5.74) is 3.32. The van der Waals surface area contributed by atoms with Crippen molar-refractivity contribution in [2.75, 3.05) is 5.32 Å². The maximum absolute atomic E-state index is 12.8. The number of allylic oxidation sites excluding steroid dienone is 1. The summed E-state index contributed by atoms with van der Waals surface area (Å²) in [4.78, 5) is 21.6. The molecule has 0 spiro atoms. The largest absolute Gasteiger partial charge is 0.320 e. The Balaban J connectivity index is 0.00000256. The number of halogens is 3. The first-order valence-electron chi connectivity index (χ1n) is 8.88. The number of nitrogens with one attached hydrogen (secondary N) is 1. The number of hydrogen-bond donors (Lipinski definition) is 1. The average Bonchev–Trinajstić information content (AvgIpc) is 3.22. The number of anilines is 1. The van der Waals surface area contributed by atoms with Gasteiger partial charge in [-0.3, -0.25) is 9.78 Å². The number of aromatic nitrogens is 3. The summed E-state index contributed by atoms with van der Waals surface area (Å²) in [6, 6.07) is 10.6. The van der Waals surface area contributed by atoms with E-state index in [1.54, 1.807) is 43.0 Å². The standard InChI is InChI=1S/C22H16Cl2N4O.ClH/c1-2-5-14-12-26-20-15(21(14)28-11-10-25-13-28)6-3-9-18(20)27-22(29)19-16(23)7-4-8-17(19)24;/h2-13H,1H3,(H,27,29);1H/b5-2-;. The van der Waals surface area contributed by atoms with Crippen molar-refractivity contribution in [1.82, 2.24) is 14.5 Å². The van der Waals surface area contributed by atoms with Crippen LogP contribution in [0.3, 0.4) is 0 Å². The Bertz CT molecular complexity index is 1220. The first-order chi connectivity index (χ1) is 14.1. The monoisotopic (exact) mass is 458 g/mol. The van der Waals surface area contributed by atoms with Crippen LogP contribution in [0.2, 0.25) is 10.0 Å². The maximum atomic E-state index is 12.8. The molecular weight excluding hydrogens is 443 g/mol. The summed E-state index contributed by atoms with van der Waals surface area (Å²) in [5.74, 6) is -0.392. The van der Waals surface area contributed by atoms with Gasteiger partial charge in [0.15, 0.2) is 0 Å². The number of para-hydroxylation sites is 1. The van der Waals surface area contributed by atoms with Crippen molar-refractivity contribution in [3.05, 3.63) is 88.6 Å². The Hall–Kier alpha value is -2.86. The van der Waals surface area contributed by atoms with Gasteiger partial charge < -0.3 is 9.88 Å². The Kier molecular flexibility index (Phi) is 6.77. The lowest BCUT2D eigenvalue weighted by molar-refractivity contribution is 0.102. The van der Waals surface area contributed by atoms with Crippen LogP contribution in [0.1, 0.15) is 22.8 Å². The molecule has 0 saturated carbocycles. The van der Waals surface area contributed by atoms with Gasteiger partial charge >= 0.3 is 0 Å². The van der Waals surface area contributed by atoms with Crippen molar-refractivity contribution in [2.45, 2.75) is 6.92 Å². The maximum Gasteiger partial charge on any atom is 0.258 e. The second-order valence-electron chi connectivity index (χ2n) is 6.28. The third-order valence-electron chi connectivity index (χ3n) is 4.44. The molecule has 2 aromatic heterocycles. The van der Waals surface area contributed by atoms with Crippen LogP contribution in [0.15, 0.2) is 67.4 Å². The highest BCUT2D eigenvalue weighted by molar-refractivity contribution is 6.40. The fourth-order valence-electron chi connectivity index (χ4n) is 3.21. The third-order valence-corrected chi connectivity index (χ3v) is 5.07. The van der Waals surface area contributed by atoms with E-state index in [0.29, 0.717) is 11.2 Å². The summed E-state index contributed by atoms with van der Waals surface area (Å²) in [6.07, 6.45) is 11.0. The number of benzene rings is 2. The zero-order valence-electron chi connectivity index (χ0n) is 15.8. The van der Waals surface area contributed by atoms with Gasteiger partial charge in [-0.1, -0.05) is 53.6 Å². The molecule has 1 N–H and O–H groups in total. The lowest BCUT2D eigenvalue weighted by Gasteiger charge is -2.14. The van der Waals surface area contributed by atoms with Gasteiger partial charge in [0.1, 0.15) is 0 Å². The van der Waals surface area contributed by atoms with Crippen LogP contribution >= 0.6 is 35.6 Å². The van der Waals surface area contributed by atoms with E-state index >= 15 is 0 Å². The number of pyridine rings is 1. The van der Waals surface area contributed by atoms with E-state index < -0.39 is 5.91 Å². The molecule has 0 fully saturated rings. The fraction of sp³-hybridized carbons (Fsp3) is 0.0455. The SMILES string of the molecule is C/C=C\c1cnc2c(NC(=O)c3c(Cl)cccc3Cl)cccc2c1-n1ccnc1.Cl. The number of nitrogens with zero attached hydrogens (tertiary/aromatic N) is 3. The lowest BCUT2D eigenvalue weighted by atomic mass is 10.1. The Morgan fingerprint density at radius 1 is 1.13 bits per heavy atom. The minimum Gasteiger partial charge on any atom is -0.320 e. The van der Waals surface area contributed by atoms with E-state index in [9.17, 15) is 4.79 Å². The fourth-order valence-corrected chi connectivity index (χ4v) is 3.78. The molecule has 0 radical (unpaired) electrons. The van der Waals surface area contributed by atoms with E-state index in [1.165, 1.54) is 0 Å². The van der Waals surface area contributed by atoms with Crippen molar-refractivity contribution < 1.29 is 4.79 Å². The van der Waals surface area contributed by atoms with Crippen molar-refractivity contribution >= 4 is 64.2 Å². The van der Waals surface area contributed by atoms with E-state index in [0.717, 1.165) is 16.6 Å². The van der Waals surface area contributed by atoms with Gasteiger partial charge in [0.05, 0.1) is 38.8 Å². The molecule has 1 amide bonds. The Labute approximate surface area is 189 Å². The van der Waals surface area contributed by atoms with Gasteiger partial charge in [-0.2, -0.15) is 0 Å². The summed E-state index contributed by atoms with van der Waals surface area (Å²) >= 11 is 12.4. The van der Waals surface area contributed by atoms with Crippen molar-refractivity contribution in [3.63, 3.8) is 0 Å². The molecule has 8 heteroatoms. The van der Waals surface area contributed by atoms with E-state index in [1.807, 2.05) is 42.0 Å². The minimum atomic E-state index is -0.392. The number of carbonyl (C=O) groups is 1. The topological polar surface area (TPSA) is 59.8 Å². The minimum absolute atomic E-state index is 0. The number of amides is 1. The molecule has 0 atom stereocenters. The lowest BCUT2D eigenvalue weighted by Crippen LogP contribution is -2.14. The highest BCUT2D eigenvalue weighted by Gasteiger charge is 2.17. The molecule has 0 bridgehead atoms. The normalized spacial score (nSPS) is 10.9. The quantitative estimate of drug-likeness (QED) is 0.382. The molecule has 0 saturated heterocycles. The van der Waals surface area contributed by atoms with Crippen LogP contribution < -0.4 is 5.32 Å². The van der Waals surface area contributed by atoms with Crippen molar-refractivity contribution in [2.24, 2.45) is 0 Å². The number of hydrogen-bond acceptors (Lipinski definition) is 3. The second kappa shape index (κ2) is 9.30. The molecule has 0 unspecified atom stereocenters. The van der Waals surface area contributed by atoms with Crippen LogP contribution in [0.5, 0.6) is 0 Å². The summed E-state index contributed by atoms with van der Waals surface area (Å²) in [6.45, 7) is 1.95. The molecule has 4 aromatic rings. The number of imidazole rings is 1. The Morgan fingerprint density at radius 3 is 2.53 bits per heavy atom. The first-order valence-corrected chi connectivity index (χ1v) is 9.64. The predicted octanol–water partition coefficient (Wildman–Crippen LogP) is 6.43. The highest BCUT2D eigenvalue weighted by atomic mass is 35.5. The highest BCUT2D eigenvalue weighted by Crippen LogP contribution is 2.31. The molecule has 0 aliphatic rings. The molecule has 2 heterocycles. The van der Waals surface area contributed by atoms with E-state index in [-0.39, 0.29) is 28.0 Å². The average molecular weight is 460 g/mol. The second-order valence-corrected chi connectivity index (χ2v) is 7.10. The Morgan fingerprint density at radius 2 is 1.87 bits per heavy atom. The van der Waals surface area contributed by atoms with Gasteiger partial charge in [0, 0.05) is 29.5 Å². The summed E-state index contributed by atoms with van der Waals surface area (Å²) in [7, 11) is 0. The van der Waals surface area contributed by atoms with Gasteiger partial charge in [-0.25, -0.2) is 4.98 Å². The van der Waals surface area contributed by atoms with Gasteiger partial charge in [-0.05, 0) is 25.1 Å². The number of rotatable bonds is 4. The molecule has 0 aliphatic carbocycles. The van der Waals surface area contributed by atoms with E-state index in [2.05, 4.69) is 15.3 Å². The van der Waals surface area contributed by atoms with Crippen molar-refractivity contribution in [1.29, 1.82) is 0 Å². The van der Waals surface area contributed by atoms with E-state index in [4.69, 9.17) is 23.2 Å². The molecule has 152 valence electrons. The molecule has 0 aliphatic heterocycles. The first kappa shape index (κ1) is 21.8. The van der Waals surface area contributed by atoms with Gasteiger partial charge in [0.2, 0.25) is 0 Å². The molecule has 5 nitrogen and oxygen atoms in total. The smallest absolute Gasteiger partial charge is 0.258 e. The molecular formula is C22H17Cl3N4O. The zero-order valence-corrected chi connectivity index (χ0v) is 18.2.